The predicted octanol–water partition coefficient (Wildman–Crippen LogP) is 3.91. The lowest BCUT2D eigenvalue weighted by Gasteiger charge is -2.27. The molecule has 0 aliphatic carbocycles. The van der Waals surface area contributed by atoms with Crippen LogP contribution in [0.3, 0.4) is 0 Å². The van der Waals surface area contributed by atoms with Crippen LogP contribution in [0, 0.1) is 5.82 Å². The zero-order chi connectivity index (χ0) is 18.8. The predicted molar refractivity (Wildman–Crippen MR) is 99.2 cm³/mol. The summed E-state index contributed by atoms with van der Waals surface area (Å²) in [6.45, 7) is 1.89. The number of carbonyl (C=O) groups is 1. The van der Waals surface area contributed by atoms with E-state index < -0.39 is 0 Å². The molecule has 1 amide bonds. The molecule has 2 heterocycles. The van der Waals surface area contributed by atoms with Crippen molar-refractivity contribution >= 4 is 17.5 Å². The third-order valence-electron chi connectivity index (χ3n) is 4.47. The molecule has 3 aromatic rings. The molecule has 7 heteroatoms. The lowest BCUT2D eigenvalue weighted by atomic mass is 10.2. The SMILES string of the molecule is O=C(c1ccccc1Cl)N1CCn2nc(OCc3ccc(F)cc3)cc2C1. The number of aromatic nitrogens is 2. The van der Waals surface area contributed by atoms with E-state index in [-0.39, 0.29) is 11.7 Å². The molecule has 0 fully saturated rings. The van der Waals surface area contributed by atoms with Crippen LogP contribution in [0.15, 0.2) is 54.6 Å². The minimum Gasteiger partial charge on any atom is -0.472 e. The normalized spacial score (nSPS) is 13.3. The Bertz CT molecular complexity index is 972. The highest BCUT2D eigenvalue weighted by Crippen LogP contribution is 2.23. The van der Waals surface area contributed by atoms with Crippen molar-refractivity contribution in [2.45, 2.75) is 19.7 Å². The van der Waals surface area contributed by atoms with Crippen molar-refractivity contribution in [2.75, 3.05) is 6.54 Å². The van der Waals surface area contributed by atoms with Crippen LogP contribution in [0.4, 0.5) is 4.39 Å². The van der Waals surface area contributed by atoms with Crippen molar-refractivity contribution in [3.8, 4) is 5.88 Å². The summed E-state index contributed by atoms with van der Waals surface area (Å²) in [7, 11) is 0. The van der Waals surface area contributed by atoms with Gasteiger partial charge in [0.1, 0.15) is 12.4 Å². The topological polar surface area (TPSA) is 47.4 Å². The summed E-state index contributed by atoms with van der Waals surface area (Å²) in [4.78, 5) is 14.5. The highest BCUT2D eigenvalue weighted by molar-refractivity contribution is 6.33. The van der Waals surface area contributed by atoms with Crippen molar-refractivity contribution in [3.63, 3.8) is 0 Å². The summed E-state index contributed by atoms with van der Waals surface area (Å²) in [6, 6.07) is 15.0. The molecule has 0 N–H and O–H groups in total. The van der Waals surface area contributed by atoms with Gasteiger partial charge in [-0.05, 0) is 29.8 Å². The third-order valence-corrected chi connectivity index (χ3v) is 4.80. The van der Waals surface area contributed by atoms with Gasteiger partial charge < -0.3 is 9.64 Å². The molecule has 4 rings (SSSR count). The molecule has 0 saturated carbocycles. The molecule has 1 aliphatic rings. The first-order valence-electron chi connectivity index (χ1n) is 8.58. The van der Waals surface area contributed by atoms with E-state index in [1.54, 1.807) is 41.3 Å². The van der Waals surface area contributed by atoms with Gasteiger partial charge in [0.15, 0.2) is 0 Å². The third kappa shape index (κ3) is 3.80. The molecule has 138 valence electrons. The fraction of sp³-hybridized carbons (Fsp3) is 0.200. The molecule has 1 aromatic heterocycles. The van der Waals surface area contributed by atoms with Gasteiger partial charge in [-0.2, -0.15) is 0 Å². The number of carbonyl (C=O) groups excluding carboxylic acids is 1. The van der Waals surface area contributed by atoms with Crippen LogP contribution >= 0.6 is 11.6 Å². The Labute approximate surface area is 160 Å². The highest BCUT2D eigenvalue weighted by atomic mass is 35.5. The minimum atomic E-state index is -0.278. The van der Waals surface area contributed by atoms with Crippen molar-refractivity contribution in [2.24, 2.45) is 0 Å². The average Bonchev–Trinajstić information content (AvgIpc) is 3.09. The number of fused-ring (bicyclic) bond motifs is 1. The first kappa shape index (κ1) is 17.5. The van der Waals surface area contributed by atoms with E-state index in [9.17, 15) is 9.18 Å². The number of nitrogens with zero attached hydrogens (tertiary/aromatic N) is 3. The Balaban J connectivity index is 1.43. The fourth-order valence-electron chi connectivity index (χ4n) is 3.03. The Kier molecular flexibility index (Phi) is 4.81. The van der Waals surface area contributed by atoms with Crippen molar-refractivity contribution < 1.29 is 13.9 Å². The lowest BCUT2D eigenvalue weighted by molar-refractivity contribution is 0.0706. The maximum atomic E-state index is 13.0. The molecule has 0 spiro atoms. The fourth-order valence-corrected chi connectivity index (χ4v) is 3.24. The zero-order valence-corrected chi connectivity index (χ0v) is 15.2. The van der Waals surface area contributed by atoms with Crippen molar-refractivity contribution in [1.29, 1.82) is 0 Å². The van der Waals surface area contributed by atoms with E-state index in [0.717, 1.165) is 11.3 Å². The summed E-state index contributed by atoms with van der Waals surface area (Å²) >= 11 is 6.14. The van der Waals surface area contributed by atoms with E-state index >= 15 is 0 Å². The second-order valence-corrected chi connectivity index (χ2v) is 6.73. The second-order valence-electron chi connectivity index (χ2n) is 6.32. The number of halogens is 2. The summed E-state index contributed by atoms with van der Waals surface area (Å²) in [6.07, 6.45) is 0. The largest absolute Gasteiger partial charge is 0.472 e. The Hall–Kier alpha value is -2.86. The Morgan fingerprint density at radius 1 is 1.15 bits per heavy atom. The van der Waals surface area contributed by atoms with Crippen molar-refractivity contribution in [1.82, 2.24) is 14.7 Å². The number of ether oxygens (including phenoxy) is 1. The lowest BCUT2D eigenvalue weighted by Crippen LogP contribution is -2.38. The smallest absolute Gasteiger partial charge is 0.255 e. The number of hydrogen-bond donors (Lipinski definition) is 0. The maximum absolute atomic E-state index is 13.0. The summed E-state index contributed by atoms with van der Waals surface area (Å²) < 4.78 is 20.5. The summed E-state index contributed by atoms with van der Waals surface area (Å²) in [5.74, 6) is 0.114. The maximum Gasteiger partial charge on any atom is 0.255 e. The minimum absolute atomic E-state index is 0.0955. The molecule has 1 aliphatic heterocycles. The van der Waals surface area contributed by atoms with Crippen LogP contribution in [0.2, 0.25) is 5.02 Å². The average molecular weight is 386 g/mol. The molecule has 27 heavy (non-hydrogen) atoms. The molecule has 2 aromatic carbocycles. The van der Waals surface area contributed by atoms with Crippen LogP contribution in [0.5, 0.6) is 5.88 Å². The van der Waals surface area contributed by atoms with Gasteiger partial charge in [0.2, 0.25) is 5.88 Å². The highest BCUT2D eigenvalue weighted by Gasteiger charge is 2.24. The first-order valence-corrected chi connectivity index (χ1v) is 8.96. The van der Waals surface area contributed by atoms with Gasteiger partial charge in [-0.25, -0.2) is 4.39 Å². The van der Waals surface area contributed by atoms with Crippen LogP contribution in [-0.2, 0) is 19.7 Å². The van der Waals surface area contributed by atoms with E-state index in [1.807, 2.05) is 10.7 Å². The van der Waals surface area contributed by atoms with Crippen LogP contribution in [-0.4, -0.2) is 27.1 Å². The monoisotopic (exact) mass is 385 g/mol. The Morgan fingerprint density at radius 2 is 1.93 bits per heavy atom. The summed E-state index contributed by atoms with van der Waals surface area (Å²) in [5.41, 5.74) is 2.26. The number of amides is 1. The second kappa shape index (κ2) is 7.40. The van der Waals surface area contributed by atoms with Gasteiger partial charge in [-0.1, -0.05) is 35.9 Å². The van der Waals surface area contributed by atoms with E-state index in [1.165, 1.54) is 12.1 Å². The quantitative estimate of drug-likeness (QED) is 0.684. The molecule has 0 atom stereocenters. The van der Waals surface area contributed by atoms with Gasteiger partial charge >= 0.3 is 0 Å². The van der Waals surface area contributed by atoms with Gasteiger partial charge in [-0.3, -0.25) is 9.48 Å². The van der Waals surface area contributed by atoms with E-state index in [0.29, 0.717) is 42.7 Å². The number of benzene rings is 2. The molecular weight excluding hydrogens is 369 g/mol. The van der Waals surface area contributed by atoms with Gasteiger partial charge in [0.05, 0.1) is 29.4 Å². The van der Waals surface area contributed by atoms with E-state index in [2.05, 4.69) is 5.10 Å². The van der Waals surface area contributed by atoms with Crippen LogP contribution in [0.1, 0.15) is 21.6 Å². The molecular formula is C20H17ClFN3O2. The van der Waals surface area contributed by atoms with Gasteiger partial charge in [0, 0.05) is 12.6 Å². The molecule has 0 radical (unpaired) electrons. The molecule has 0 bridgehead atoms. The molecule has 0 saturated heterocycles. The zero-order valence-electron chi connectivity index (χ0n) is 14.4. The standard InChI is InChI=1S/C20H17ClFN3O2/c21-18-4-2-1-3-17(18)20(26)24-9-10-25-16(12-24)11-19(23-25)27-13-14-5-7-15(22)8-6-14/h1-8,11H,9-10,12-13H2. The van der Waals surface area contributed by atoms with Gasteiger partial charge in [0.25, 0.3) is 5.91 Å². The van der Waals surface area contributed by atoms with Crippen LogP contribution < -0.4 is 4.74 Å². The Morgan fingerprint density at radius 3 is 2.70 bits per heavy atom. The van der Waals surface area contributed by atoms with Crippen LogP contribution in [0.25, 0.3) is 0 Å². The molecule has 5 nitrogen and oxygen atoms in total. The van der Waals surface area contributed by atoms with Crippen molar-refractivity contribution in [3.05, 3.63) is 82.3 Å². The van der Waals surface area contributed by atoms with E-state index in [4.69, 9.17) is 16.3 Å². The molecule has 0 unspecified atom stereocenters. The van der Waals surface area contributed by atoms with Gasteiger partial charge in [-0.15, -0.1) is 5.10 Å². The number of rotatable bonds is 4. The number of hydrogen-bond acceptors (Lipinski definition) is 3. The summed E-state index contributed by atoms with van der Waals surface area (Å²) in [5, 5.41) is 4.87. The first-order chi connectivity index (χ1) is 13.1.